The van der Waals surface area contributed by atoms with Gasteiger partial charge in [-0.25, -0.2) is 26.6 Å². The average molecular weight is 912 g/mol. The van der Waals surface area contributed by atoms with Crippen molar-refractivity contribution in [2.75, 3.05) is 33.6 Å². The molecule has 18 nitrogen and oxygen atoms in total. The number of ether oxygens (including phenoxy) is 3. The van der Waals surface area contributed by atoms with Crippen molar-refractivity contribution in [1.82, 2.24) is 34.8 Å². The summed E-state index contributed by atoms with van der Waals surface area (Å²) in [6.07, 6.45) is -1.46. The van der Waals surface area contributed by atoms with Crippen LogP contribution < -0.4 is 25.3 Å². The number of sulfone groups is 1. The lowest BCUT2D eigenvalue weighted by atomic mass is 9.98. The lowest BCUT2D eigenvalue weighted by Crippen LogP contribution is -2.33. The van der Waals surface area contributed by atoms with Crippen LogP contribution in [0.2, 0.25) is 0 Å². The van der Waals surface area contributed by atoms with Crippen LogP contribution in [0.3, 0.4) is 0 Å². The van der Waals surface area contributed by atoms with E-state index in [0.29, 0.717) is 44.2 Å². The van der Waals surface area contributed by atoms with Crippen molar-refractivity contribution in [2.45, 2.75) is 29.4 Å². The lowest BCUT2D eigenvalue weighted by molar-refractivity contribution is 0.195. The average Bonchev–Trinajstić information content (AvgIpc) is 3.94. The maximum Gasteiger partial charge on any atom is 0.404 e. The summed E-state index contributed by atoms with van der Waals surface area (Å²) in [5.41, 5.74) is 8.40. The molecule has 5 N–H and O–H groups in total. The highest BCUT2D eigenvalue weighted by atomic mass is 32.2. The summed E-state index contributed by atoms with van der Waals surface area (Å²) in [5, 5.41) is 33.0. The Kier molecular flexibility index (Phi) is 13.0. The number of rotatable bonds is 18. The van der Waals surface area contributed by atoms with Gasteiger partial charge in [0.2, 0.25) is 15.8 Å². The van der Waals surface area contributed by atoms with Crippen molar-refractivity contribution in [3.8, 4) is 39.8 Å². The minimum Gasteiger partial charge on any atom is -0.497 e. The van der Waals surface area contributed by atoms with E-state index in [9.17, 15) is 18.3 Å². The zero-order valence-electron chi connectivity index (χ0n) is 34.0. The summed E-state index contributed by atoms with van der Waals surface area (Å²) in [4.78, 5) is 16.0. The van der Waals surface area contributed by atoms with Gasteiger partial charge in [-0.05, 0) is 76.0 Å². The SMILES string of the molecule is COc1ccc(CN(Cc2ccc(OC)cc2)S(=O)(=O)c2c(S(=O)(=O)CCNC(=O)O)ccc(-c3cccc4sc(C(=N)N)nc34)c2-c2nnn(Cc3ccc(OC)cc3)n2)cc1. The number of amides is 1. The van der Waals surface area contributed by atoms with E-state index < -0.39 is 48.0 Å². The molecule has 5 aromatic carbocycles. The second kappa shape index (κ2) is 18.6. The predicted molar refractivity (Wildman–Crippen MR) is 235 cm³/mol. The van der Waals surface area contributed by atoms with E-state index >= 15 is 8.42 Å². The third-order valence-electron chi connectivity index (χ3n) is 9.84. The second-order valence-electron chi connectivity index (χ2n) is 13.9. The van der Waals surface area contributed by atoms with Crippen molar-refractivity contribution in [3.05, 3.63) is 125 Å². The number of nitrogen functional groups attached to an aromatic ring is 1. The third kappa shape index (κ3) is 9.75. The molecule has 0 atom stereocenters. The Morgan fingerprint density at radius 1 is 0.810 bits per heavy atom. The summed E-state index contributed by atoms with van der Waals surface area (Å²) >= 11 is 1.15. The number of benzene rings is 5. The van der Waals surface area contributed by atoms with E-state index in [-0.39, 0.29) is 47.4 Å². The van der Waals surface area contributed by atoms with Gasteiger partial charge in [-0.15, -0.1) is 21.5 Å². The molecule has 2 heterocycles. The van der Waals surface area contributed by atoms with Gasteiger partial charge in [-0.3, -0.25) is 5.41 Å². The lowest BCUT2D eigenvalue weighted by Gasteiger charge is -2.26. The molecule has 0 aliphatic rings. The summed E-state index contributed by atoms with van der Waals surface area (Å²) in [6.45, 7) is -0.914. The minimum atomic E-state index is -4.96. The number of hydrogen-bond donors (Lipinski definition) is 4. The van der Waals surface area contributed by atoms with Crippen LogP contribution in [0, 0.1) is 5.41 Å². The summed E-state index contributed by atoms with van der Waals surface area (Å²) in [7, 11) is -5.02. The quantitative estimate of drug-likeness (QED) is 0.0621. The number of nitrogens with two attached hydrogens (primary N) is 1. The largest absolute Gasteiger partial charge is 0.497 e. The van der Waals surface area contributed by atoms with Gasteiger partial charge in [0.05, 0.1) is 54.3 Å². The number of para-hydroxylation sites is 1. The van der Waals surface area contributed by atoms with Crippen molar-refractivity contribution < 1.29 is 40.9 Å². The summed E-state index contributed by atoms with van der Waals surface area (Å²) in [6, 6.07) is 28.4. The van der Waals surface area contributed by atoms with Crippen molar-refractivity contribution in [1.29, 1.82) is 5.41 Å². The molecular formula is C42H41N9O9S3. The predicted octanol–water partition coefficient (Wildman–Crippen LogP) is 5.41. The fourth-order valence-electron chi connectivity index (χ4n) is 6.72. The van der Waals surface area contributed by atoms with Crippen molar-refractivity contribution in [3.63, 3.8) is 0 Å². The molecule has 0 saturated heterocycles. The molecule has 21 heteroatoms. The maximum atomic E-state index is 15.9. The molecule has 1 amide bonds. The first-order valence-corrected chi connectivity index (χ1v) is 22.9. The zero-order chi connectivity index (χ0) is 44.9. The van der Waals surface area contributed by atoms with Crippen LogP contribution in [0.1, 0.15) is 21.7 Å². The monoisotopic (exact) mass is 911 g/mol. The van der Waals surface area contributed by atoms with E-state index in [0.717, 1.165) is 21.2 Å². The van der Waals surface area contributed by atoms with Crippen LogP contribution in [0.15, 0.2) is 113 Å². The molecule has 63 heavy (non-hydrogen) atoms. The maximum absolute atomic E-state index is 15.9. The number of hydrogen-bond acceptors (Lipinski definition) is 14. The number of carboxylic acid groups (broad SMARTS) is 1. The first kappa shape index (κ1) is 44.1. The Bertz CT molecular complexity index is 2960. The van der Waals surface area contributed by atoms with Gasteiger partial charge in [0.15, 0.2) is 20.7 Å². The Morgan fingerprint density at radius 2 is 1.38 bits per heavy atom. The van der Waals surface area contributed by atoms with Crippen molar-refractivity contribution >= 4 is 53.3 Å². The van der Waals surface area contributed by atoms with Gasteiger partial charge in [-0.2, -0.15) is 9.10 Å². The second-order valence-corrected chi connectivity index (χ2v) is 18.9. The Morgan fingerprint density at radius 3 is 1.92 bits per heavy atom. The molecule has 0 bridgehead atoms. The molecule has 0 radical (unpaired) electrons. The summed E-state index contributed by atoms with van der Waals surface area (Å²) < 4.78 is 78.5. The van der Waals surface area contributed by atoms with Gasteiger partial charge in [0.1, 0.15) is 22.1 Å². The number of sulfonamides is 1. The van der Waals surface area contributed by atoms with Gasteiger partial charge in [-0.1, -0.05) is 54.6 Å². The fraction of sp³-hybridized carbons (Fsp3) is 0.190. The fourth-order valence-corrected chi connectivity index (χ4v) is 11.2. The number of thiazole rings is 1. The molecule has 7 rings (SSSR count). The van der Waals surface area contributed by atoms with Crippen LogP contribution in [0.5, 0.6) is 17.2 Å². The Balaban J connectivity index is 1.52. The molecule has 0 unspecified atom stereocenters. The molecule has 7 aromatic rings. The van der Waals surface area contributed by atoms with Gasteiger partial charge in [0, 0.05) is 25.2 Å². The third-order valence-corrected chi connectivity index (χ3v) is 14.6. The minimum absolute atomic E-state index is 0.0952. The highest BCUT2D eigenvalue weighted by molar-refractivity contribution is 7.93. The first-order chi connectivity index (χ1) is 30.2. The number of methoxy groups -OCH3 is 3. The number of carbonyl (C=O) groups is 1. The Hall–Kier alpha value is -6.94. The first-order valence-electron chi connectivity index (χ1n) is 19.0. The smallest absolute Gasteiger partial charge is 0.404 e. The molecule has 0 aliphatic carbocycles. The van der Waals surface area contributed by atoms with Gasteiger partial charge < -0.3 is 30.4 Å². The van der Waals surface area contributed by atoms with E-state index in [2.05, 4.69) is 25.7 Å². The standard InChI is InChI=1S/C42H41N9O9S3/c1-58-29-13-7-26(8-14-29)23-50(24-27-9-15-30(59-2)16-10-27)63(56,57)38-35(62(54,55)22-21-45-42(52)53)20-19-32(33-5-4-6-34-37(33)46-41(61-34)39(43)44)36(38)40-47-49-51(48-40)25-28-11-17-31(60-3)18-12-28/h4-20,45H,21-25H2,1-3H3,(H3,43,44)(H,52,53). The summed E-state index contributed by atoms with van der Waals surface area (Å²) in [5.74, 6) is 0.395. The topological polar surface area (TPSA) is 255 Å². The number of nitrogens with one attached hydrogen (secondary N) is 2. The highest BCUT2D eigenvalue weighted by Crippen LogP contribution is 2.44. The number of aromatic nitrogens is 5. The van der Waals surface area contributed by atoms with E-state index in [1.807, 2.05) is 0 Å². The zero-order valence-corrected chi connectivity index (χ0v) is 36.5. The molecule has 0 spiro atoms. The molecule has 326 valence electrons. The molecular weight excluding hydrogens is 871 g/mol. The van der Waals surface area contributed by atoms with Crippen LogP contribution in [0.25, 0.3) is 32.7 Å². The van der Waals surface area contributed by atoms with Crippen molar-refractivity contribution in [2.24, 2.45) is 5.73 Å². The molecule has 0 saturated carbocycles. The molecule has 0 fully saturated rings. The van der Waals surface area contributed by atoms with Gasteiger partial charge in [0.25, 0.3) is 0 Å². The van der Waals surface area contributed by atoms with Crippen LogP contribution in [-0.2, 0) is 39.5 Å². The number of tetrazole rings is 1. The molecule has 0 aliphatic heterocycles. The van der Waals surface area contributed by atoms with E-state index in [4.69, 9.17) is 25.4 Å². The van der Waals surface area contributed by atoms with Crippen LogP contribution in [-0.4, -0.2) is 97.0 Å². The number of nitrogens with zero attached hydrogens (tertiary/aromatic N) is 6. The highest BCUT2D eigenvalue weighted by Gasteiger charge is 2.38. The van der Waals surface area contributed by atoms with E-state index in [1.54, 1.807) is 98.1 Å². The normalized spacial score (nSPS) is 11.7. The van der Waals surface area contributed by atoms with Crippen LogP contribution >= 0.6 is 11.3 Å². The number of fused-ring (bicyclic) bond motifs is 1. The van der Waals surface area contributed by atoms with Crippen LogP contribution in [0.4, 0.5) is 4.79 Å². The van der Waals surface area contributed by atoms with Gasteiger partial charge >= 0.3 is 6.09 Å². The molecule has 2 aromatic heterocycles. The Labute approximate surface area is 366 Å². The van der Waals surface area contributed by atoms with E-state index in [1.165, 1.54) is 31.1 Å². The number of amidine groups is 1.